The lowest BCUT2D eigenvalue weighted by molar-refractivity contribution is 0.536. The van der Waals surface area contributed by atoms with Gasteiger partial charge in [0.2, 0.25) is 0 Å². The summed E-state index contributed by atoms with van der Waals surface area (Å²) < 4.78 is 1.73. The molecule has 0 aliphatic rings. The summed E-state index contributed by atoms with van der Waals surface area (Å²) in [6.07, 6.45) is 3.08. The zero-order chi connectivity index (χ0) is 9.42. The van der Waals surface area contributed by atoms with Crippen LogP contribution in [0.1, 0.15) is 19.9 Å². The van der Waals surface area contributed by atoms with Crippen molar-refractivity contribution < 1.29 is 0 Å². The van der Waals surface area contributed by atoms with Crippen molar-refractivity contribution in [1.29, 1.82) is 0 Å². The molecule has 13 heavy (non-hydrogen) atoms. The van der Waals surface area contributed by atoms with Crippen LogP contribution in [0.2, 0.25) is 0 Å². The topological polar surface area (TPSA) is 63.6 Å². The number of nitrogens with one attached hydrogen (secondary N) is 1. The molecule has 2 aromatic heterocycles. The van der Waals surface area contributed by atoms with E-state index >= 15 is 0 Å². The predicted octanol–water partition coefficient (Wildman–Crippen LogP) is 0.700. The molecule has 0 bridgehead atoms. The summed E-state index contributed by atoms with van der Waals surface area (Å²) in [7, 11) is 0. The van der Waals surface area contributed by atoms with Crippen LogP contribution in [-0.4, -0.2) is 19.7 Å². The number of H-pyrrole nitrogens is 1. The Morgan fingerprint density at radius 3 is 2.92 bits per heavy atom. The minimum Gasteiger partial charge on any atom is -0.312 e. The average Bonchev–Trinajstić information content (AvgIpc) is 2.49. The molecule has 0 fully saturated rings. The van der Waals surface area contributed by atoms with Crippen molar-refractivity contribution in [2.45, 2.75) is 19.9 Å². The van der Waals surface area contributed by atoms with Crippen molar-refractivity contribution in [3.05, 3.63) is 22.9 Å². The lowest BCUT2D eigenvalue weighted by Crippen LogP contribution is -2.04. The number of hydrogen-bond acceptors (Lipinski definition) is 3. The standard InChI is InChI=1S/C8H10N4O/c1-5(2)12-3-6-7(11-12)9-4-10-8(6)13/h3-5H,1-2H3,(H,9,10,11,13). The number of nitrogens with zero attached hydrogens (tertiary/aromatic N) is 3. The van der Waals surface area contributed by atoms with Gasteiger partial charge in [-0.1, -0.05) is 0 Å². The van der Waals surface area contributed by atoms with Gasteiger partial charge in [0.25, 0.3) is 5.56 Å². The fraction of sp³-hybridized carbons (Fsp3) is 0.375. The molecule has 1 N–H and O–H groups in total. The van der Waals surface area contributed by atoms with Gasteiger partial charge in [-0.15, -0.1) is 0 Å². The number of aromatic nitrogens is 4. The lowest BCUT2D eigenvalue weighted by atomic mass is 10.4. The molecule has 68 valence electrons. The molecule has 0 unspecified atom stereocenters. The smallest absolute Gasteiger partial charge is 0.261 e. The Hall–Kier alpha value is -1.65. The van der Waals surface area contributed by atoms with Crippen LogP contribution >= 0.6 is 0 Å². The predicted molar refractivity (Wildman–Crippen MR) is 48.5 cm³/mol. The summed E-state index contributed by atoms with van der Waals surface area (Å²) in [4.78, 5) is 17.7. The third-order valence-electron chi connectivity index (χ3n) is 1.87. The zero-order valence-corrected chi connectivity index (χ0v) is 7.48. The van der Waals surface area contributed by atoms with E-state index in [-0.39, 0.29) is 11.6 Å². The Morgan fingerprint density at radius 2 is 2.31 bits per heavy atom. The molecule has 2 heterocycles. The van der Waals surface area contributed by atoms with Crippen LogP contribution in [0.25, 0.3) is 11.0 Å². The summed E-state index contributed by atoms with van der Waals surface area (Å²) in [5, 5.41) is 4.70. The van der Waals surface area contributed by atoms with E-state index in [1.54, 1.807) is 10.9 Å². The molecule has 0 atom stereocenters. The van der Waals surface area contributed by atoms with E-state index < -0.39 is 0 Å². The van der Waals surface area contributed by atoms with Gasteiger partial charge in [-0.25, -0.2) is 4.98 Å². The van der Waals surface area contributed by atoms with Crippen LogP contribution in [0, 0.1) is 0 Å². The van der Waals surface area contributed by atoms with Crippen molar-refractivity contribution in [1.82, 2.24) is 19.7 Å². The first-order valence-corrected chi connectivity index (χ1v) is 4.11. The highest BCUT2D eigenvalue weighted by Gasteiger charge is 2.06. The summed E-state index contributed by atoms with van der Waals surface area (Å²) in [6.45, 7) is 4.00. The van der Waals surface area contributed by atoms with E-state index in [0.717, 1.165) is 0 Å². The summed E-state index contributed by atoms with van der Waals surface area (Å²) in [5.74, 6) is 0. The third kappa shape index (κ3) is 1.22. The monoisotopic (exact) mass is 178 g/mol. The van der Waals surface area contributed by atoms with Gasteiger partial charge in [0.15, 0.2) is 5.65 Å². The molecule has 5 nitrogen and oxygen atoms in total. The van der Waals surface area contributed by atoms with Crippen molar-refractivity contribution in [3.8, 4) is 0 Å². The van der Waals surface area contributed by atoms with E-state index in [1.165, 1.54) is 6.33 Å². The van der Waals surface area contributed by atoms with Crippen LogP contribution in [0.15, 0.2) is 17.3 Å². The molecule has 0 aliphatic heterocycles. The molecule has 0 saturated carbocycles. The number of fused-ring (bicyclic) bond motifs is 1. The summed E-state index contributed by atoms with van der Waals surface area (Å²) >= 11 is 0. The normalized spacial score (nSPS) is 11.3. The Kier molecular flexibility index (Phi) is 1.65. The molecular formula is C8H10N4O. The van der Waals surface area contributed by atoms with E-state index in [9.17, 15) is 4.79 Å². The molecule has 0 amide bonds. The molecule has 0 spiro atoms. The van der Waals surface area contributed by atoms with Crippen molar-refractivity contribution >= 4 is 11.0 Å². The van der Waals surface area contributed by atoms with Crippen molar-refractivity contribution in [2.24, 2.45) is 0 Å². The number of hydrogen-bond donors (Lipinski definition) is 1. The minimum atomic E-state index is -0.142. The maximum Gasteiger partial charge on any atom is 0.261 e. The van der Waals surface area contributed by atoms with Gasteiger partial charge in [0.1, 0.15) is 5.39 Å². The van der Waals surface area contributed by atoms with E-state index in [4.69, 9.17) is 0 Å². The van der Waals surface area contributed by atoms with E-state index in [2.05, 4.69) is 15.1 Å². The average molecular weight is 178 g/mol. The zero-order valence-electron chi connectivity index (χ0n) is 7.48. The van der Waals surface area contributed by atoms with Gasteiger partial charge in [0, 0.05) is 12.2 Å². The van der Waals surface area contributed by atoms with E-state index in [0.29, 0.717) is 11.0 Å². The maximum absolute atomic E-state index is 11.3. The van der Waals surface area contributed by atoms with Gasteiger partial charge in [-0.05, 0) is 13.8 Å². The van der Waals surface area contributed by atoms with Crippen LogP contribution in [-0.2, 0) is 0 Å². The second-order valence-corrected chi connectivity index (χ2v) is 3.17. The molecule has 0 saturated heterocycles. The number of aromatic amines is 1. The lowest BCUT2D eigenvalue weighted by Gasteiger charge is -2.01. The molecule has 0 radical (unpaired) electrons. The first-order valence-electron chi connectivity index (χ1n) is 4.11. The second kappa shape index (κ2) is 2.69. The highest BCUT2D eigenvalue weighted by atomic mass is 16.1. The van der Waals surface area contributed by atoms with Crippen LogP contribution in [0.5, 0.6) is 0 Å². The van der Waals surface area contributed by atoms with Gasteiger partial charge >= 0.3 is 0 Å². The SMILES string of the molecule is CC(C)n1cc2c(=O)[nH]cnc2n1. The minimum absolute atomic E-state index is 0.142. The van der Waals surface area contributed by atoms with Crippen LogP contribution in [0.3, 0.4) is 0 Å². The molecule has 5 heteroatoms. The quantitative estimate of drug-likeness (QED) is 0.699. The molecule has 0 aliphatic carbocycles. The Balaban J connectivity index is 2.76. The van der Waals surface area contributed by atoms with Gasteiger partial charge in [-0.2, -0.15) is 5.10 Å². The molecule has 2 rings (SSSR count). The first-order chi connectivity index (χ1) is 6.18. The first kappa shape index (κ1) is 7.97. The van der Waals surface area contributed by atoms with Crippen molar-refractivity contribution in [3.63, 3.8) is 0 Å². The van der Waals surface area contributed by atoms with Crippen LogP contribution < -0.4 is 5.56 Å². The van der Waals surface area contributed by atoms with E-state index in [1.807, 2.05) is 13.8 Å². The second-order valence-electron chi connectivity index (χ2n) is 3.17. The molecular weight excluding hydrogens is 168 g/mol. The fourth-order valence-corrected chi connectivity index (χ4v) is 1.13. The third-order valence-corrected chi connectivity index (χ3v) is 1.87. The van der Waals surface area contributed by atoms with Crippen LogP contribution in [0.4, 0.5) is 0 Å². The van der Waals surface area contributed by atoms with Crippen molar-refractivity contribution in [2.75, 3.05) is 0 Å². The Morgan fingerprint density at radius 1 is 1.54 bits per heavy atom. The highest BCUT2D eigenvalue weighted by Crippen LogP contribution is 2.07. The Labute approximate surface area is 74.4 Å². The van der Waals surface area contributed by atoms with Gasteiger partial charge in [-0.3, -0.25) is 9.48 Å². The number of rotatable bonds is 1. The molecule has 0 aromatic carbocycles. The maximum atomic E-state index is 11.3. The molecule has 2 aromatic rings. The summed E-state index contributed by atoms with van der Waals surface area (Å²) in [5.41, 5.74) is 0.356. The summed E-state index contributed by atoms with van der Waals surface area (Å²) in [6, 6.07) is 0.244. The highest BCUT2D eigenvalue weighted by molar-refractivity contribution is 5.71. The Bertz CT molecular complexity index is 482. The largest absolute Gasteiger partial charge is 0.312 e. The van der Waals surface area contributed by atoms with Gasteiger partial charge < -0.3 is 4.98 Å². The van der Waals surface area contributed by atoms with Gasteiger partial charge in [0.05, 0.1) is 6.33 Å². The fourth-order valence-electron chi connectivity index (χ4n) is 1.13.